The summed E-state index contributed by atoms with van der Waals surface area (Å²) in [5, 5.41) is 0. The van der Waals surface area contributed by atoms with Crippen LogP contribution in [0.25, 0.3) is 5.69 Å². The SMILES string of the molecule is NCCCCCN(Cc1cn(-c2ccccc2)cn1)C1CCCc2cccnc21. The largest absolute Gasteiger partial charge is 0.330 e. The number of nitrogens with zero attached hydrogens (tertiary/aromatic N) is 4. The molecule has 152 valence electrons. The second-order valence-corrected chi connectivity index (χ2v) is 7.88. The molecule has 2 N–H and O–H groups in total. The number of nitrogens with two attached hydrogens (primary N) is 1. The smallest absolute Gasteiger partial charge is 0.0995 e. The third kappa shape index (κ3) is 4.92. The number of rotatable bonds is 9. The van der Waals surface area contributed by atoms with Gasteiger partial charge in [-0.3, -0.25) is 9.88 Å². The summed E-state index contributed by atoms with van der Waals surface area (Å²) in [5.74, 6) is 0. The number of aryl methyl sites for hydroxylation is 1. The van der Waals surface area contributed by atoms with E-state index in [9.17, 15) is 0 Å². The van der Waals surface area contributed by atoms with Crippen LogP contribution in [0, 0.1) is 0 Å². The molecule has 0 amide bonds. The topological polar surface area (TPSA) is 60.0 Å². The van der Waals surface area contributed by atoms with E-state index in [0.717, 1.165) is 50.3 Å². The first-order chi connectivity index (χ1) is 14.3. The van der Waals surface area contributed by atoms with Gasteiger partial charge in [0, 0.05) is 24.6 Å². The summed E-state index contributed by atoms with van der Waals surface area (Å²) < 4.78 is 2.11. The van der Waals surface area contributed by atoms with E-state index < -0.39 is 0 Å². The van der Waals surface area contributed by atoms with Gasteiger partial charge in [-0.1, -0.05) is 30.7 Å². The average Bonchev–Trinajstić information content (AvgIpc) is 3.25. The highest BCUT2D eigenvalue weighted by molar-refractivity contribution is 5.31. The maximum Gasteiger partial charge on any atom is 0.0995 e. The zero-order valence-electron chi connectivity index (χ0n) is 17.1. The molecule has 1 atom stereocenters. The van der Waals surface area contributed by atoms with E-state index >= 15 is 0 Å². The van der Waals surface area contributed by atoms with Crippen LogP contribution in [0.15, 0.2) is 61.2 Å². The summed E-state index contributed by atoms with van der Waals surface area (Å²) in [6, 6.07) is 15.1. The van der Waals surface area contributed by atoms with Crippen molar-refractivity contribution >= 4 is 0 Å². The highest BCUT2D eigenvalue weighted by Gasteiger charge is 2.27. The molecule has 1 aromatic carbocycles. The van der Waals surface area contributed by atoms with Crippen molar-refractivity contribution in [3.05, 3.63) is 78.1 Å². The van der Waals surface area contributed by atoms with E-state index in [0.29, 0.717) is 6.04 Å². The number of aromatic nitrogens is 3. The molecule has 5 nitrogen and oxygen atoms in total. The molecule has 0 fully saturated rings. The summed E-state index contributed by atoms with van der Waals surface area (Å²) in [6.45, 7) is 2.68. The Morgan fingerprint density at radius 2 is 1.93 bits per heavy atom. The number of hydrogen-bond donors (Lipinski definition) is 1. The van der Waals surface area contributed by atoms with Crippen LogP contribution >= 0.6 is 0 Å². The minimum Gasteiger partial charge on any atom is -0.330 e. The maximum atomic E-state index is 5.70. The molecule has 0 radical (unpaired) electrons. The first-order valence-corrected chi connectivity index (χ1v) is 10.8. The van der Waals surface area contributed by atoms with Crippen molar-refractivity contribution in [3.8, 4) is 5.69 Å². The number of unbranched alkanes of at least 4 members (excludes halogenated alkanes) is 2. The first-order valence-electron chi connectivity index (χ1n) is 10.8. The molecule has 3 aromatic rings. The van der Waals surface area contributed by atoms with Crippen molar-refractivity contribution in [3.63, 3.8) is 0 Å². The third-order valence-corrected chi connectivity index (χ3v) is 5.81. The fourth-order valence-corrected chi connectivity index (χ4v) is 4.32. The minimum atomic E-state index is 0.375. The molecule has 0 bridgehead atoms. The van der Waals surface area contributed by atoms with Gasteiger partial charge >= 0.3 is 0 Å². The zero-order valence-corrected chi connectivity index (χ0v) is 17.1. The number of imidazole rings is 1. The van der Waals surface area contributed by atoms with Gasteiger partial charge in [0.15, 0.2) is 0 Å². The van der Waals surface area contributed by atoms with Gasteiger partial charge in [0.1, 0.15) is 0 Å². The predicted octanol–water partition coefficient (Wildman–Crippen LogP) is 4.28. The number of pyridine rings is 1. The van der Waals surface area contributed by atoms with Gasteiger partial charge in [0.25, 0.3) is 0 Å². The van der Waals surface area contributed by atoms with Crippen LogP contribution in [0.1, 0.15) is 55.1 Å². The monoisotopic (exact) mass is 389 g/mol. The number of benzene rings is 1. The van der Waals surface area contributed by atoms with Gasteiger partial charge in [-0.25, -0.2) is 4.98 Å². The van der Waals surface area contributed by atoms with Crippen molar-refractivity contribution in [2.24, 2.45) is 5.73 Å². The van der Waals surface area contributed by atoms with Crippen LogP contribution in [-0.4, -0.2) is 32.5 Å². The third-order valence-electron chi connectivity index (χ3n) is 5.81. The van der Waals surface area contributed by atoms with Crippen LogP contribution in [-0.2, 0) is 13.0 Å². The van der Waals surface area contributed by atoms with Crippen LogP contribution in [0.3, 0.4) is 0 Å². The molecule has 0 aliphatic heterocycles. The molecule has 0 saturated heterocycles. The lowest BCUT2D eigenvalue weighted by molar-refractivity contribution is 0.160. The molecule has 1 unspecified atom stereocenters. The molecular formula is C24H31N5. The molecule has 2 heterocycles. The van der Waals surface area contributed by atoms with Crippen molar-refractivity contribution in [2.45, 2.75) is 51.1 Å². The molecule has 2 aromatic heterocycles. The molecule has 0 saturated carbocycles. The van der Waals surface area contributed by atoms with E-state index in [1.807, 2.05) is 18.6 Å². The Bertz CT molecular complexity index is 889. The van der Waals surface area contributed by atoms with E-state index in [2.05, 4.69) is 52.1 Å². The summed E-state index contributed by atoms with van der Waals surface area (Å²) >= 11 is 0. The number of para-hydroxylation sites is 1. The Hall–Kier alpha value is -2.50. The standard InChI is InChI=1S/C24H31N5/c25-14-5-2-6-16-28(23-13-7-9-20-10-8-15-26-24(20)23)17-21-18-29(19-27-21)22-11-3-1-4-12-22/h1,3-4,8,10-12,15,18-19,23H,2,5-7,9,13-14,16-17,25H2. The lowest BCUT2D eigenvalue weighted by Crippen LogP contribution is -2.32. The first kappa shape index (κ1) is 19.8. The molecular weight excluding hydrogens is 358 g/mol. The van der Waals surface area contributed by atoms with Crippen molar-refractivity contribution in [1.29, 1.82) is 0 Å². The molecule has 1 aliphatic carbocycles. The van der Waals surface area contributed by atoms with Crippen LogP contribution in [0.4, 0.5) is 0 Å². The molecule has 4 rings (SSSR count). The van der Waals surface area contributed by atoms with Gasteiger partial charge in [-0.2, -0.15) is 0 Å². The molecule has 5 heteroatoms. The highest BCUT2D eigenvalue weighted by atomic mass is 15.2. The van der Waals surface area contributed by atoms with Crippen molar-refractivity contribution in [1.82, 2.24) is 19.4 Å². The van der Waals surface area contributed by atoms with Crippen LogP contribution in [0.5, 0.6) is 0 Å². The van der Waals surface area contributed by atoms with E-state index in [1.54, 1.807) is 0 Å². The van der Waals surface area contributed by atoms with E-state index in [1.165, 1.54) is 30.5 Å². The normalized spacial score (nSPS) is 16.1. The fourth-order valence-electron chi connectivity index (χ4n) is 4.32. The Labute approximate surface area is 173 Å². The molecule has 29 heavy (non-hydrogen) atoms. The summed E-state index contributed by atoms with van der Waals surface area (Å²) in [7, 11) is 0. The van der Waals surface area contributed by atoms with Gasteiger partial charge in [-0.05, 0) is 69.0 Å². The molecule has 0 spiro atoms. The van der Waals surface area contributed by atoms with Crippen molar-refractivity contribution in [2.75, 3.05) is 13.1 Å². The Kier molecular flexibility index (Phi) is 6.70. The zero-order chi connectivity index (χ0) is 19.9. The Morgan fingerprint density at radius 3 is 2.79 bits per heavy atom. The fraction of sp³-hybridized carbons (Fsp3) is 0.417. The van der Waals surface area contributed by atoms with Gasteiger partial charge in [-0.15, -0.1) is 0 Å². The van der Waals surface area contributed by atoms with Gasteiger partial charge < -0.3 is 10.3 Å². The second-order valence-electron chi connectivity index (χ2n) is 7.88. The van der Waals surface area contributed by atoms with Crippen LogP contribution < -0.4 is 5.73 Å². The van der Waals surface area contributed by atoms with Gasteiger partial charge in [0.05, 0.1) is 23.8 Å². The predicted molar refractivity (Wildman–Crippen MR) is 117 cm³/mol. The lowest BCUT2D eigenvalue weighted by Gasteiger charge is -2.34. The quantitative estimate of drug-likeness (QED) is 0.555. The Balaban J connectivity index is 1.53. The summed E-state index contributed by atoms with van der Waals surface area (Å²) in [4.78, 5) is 12.1. The summed E-state index contributed by atoms with van der Waals surface area (Å²) in [5.41, 5.74) is 10.6. The lowest BCUT2D eigenvalue weighted by atomic mass is 9.90. The van der Waals surface area contributed by atoms with Gasteiger partial charge in [0.2, 0.25) is 0 Å². The van der Waals surface area contributed by atoms with E-state index in [4.69, 9.17) is 15.7 Å². The minimum absolute atomic E-state index is 0.375. The van der Waals surface area contributed by atoms with E-state index in [-0.39, 0.29) is 0 Å². The second kappa shape index (κ2) is 9.81. The Morgan fingerprint density at radius 1 is 1.03 bits per heavy atom. The van der Waals surface area contributed by atoms with Crippen molar-refractivity contribution < 1.29 is 0 Å². The average molecular weight is 390 g/mol. The number of hydrogen-bond acceptors (Lipinski definition) is 4. The molecule has 1 aliphatic rings. The highest BCUT2D eigenvalue weighted by Crippen LogP contribution is 2.33. The number of fused-ring (bicyclic) bond motifs is 1. The maximum absolute atomic E-state index is 5.70. The van der Waals surface area contributed by atoms with Crippen LogP contribution in [0.2, 0.25) is 0 Å². The summed E-state index contributed by atoms with van der Waals surface area (Å²) in [6.07, 6.45) is 13.0.